The number of carbonyl (C=O) groups excluding carboxylic acids is 2. The van der Waals surface area contributed by atoms with E-state index < -0.39 is 5.82 Å². The highest BCUT2D eigenvalue weighted by molar-refractivity contribution is 5.94. The van der Waals surface area contributed by atoms with Crippen LogP contribution in [0.15, 0.2) is 18.2 Å². The third-order valence-electron chi connectivity index (χ3n) is 4.10. The van der Waals surface area contributed by atoms with Crippen LogP contribution >= 0.6 is 0 Å². The van der Waals surface area contributed by atoms with Crippen LogP contribution in [0.25, 0.3) is 0 Å². The lowest BCUT2D eigenvalue weighted by Gasteiger charge is -2.35. The molecule has 0 atom stereocenters. The molecule has 1 saturated heterocycles. The quantitative estimate of drug-likeness (QED) is 0.892. The summed E-state index contributed by atoms with van der Waals surface area (Å²) in [4.78, 5) is 28.1. The SMILES string of the molecule is CCOc1ccc(C(=O)N2CCN(C(=O)NCC(C)(C)C)CC2)cc1F. The van der Waals surface area contributed by atoms with Crippen LogP contribution in [-0.4, -0.2) is 61.1 Å². The molecule has 1 aromatic carbocycles. The molecule has 1 fully saturated rings. The summed E-state index contributed by atoms with van der Waals surface area (Å²) in [6.45, 7) is 10.7. The molecule has 6 nitrogen and oxygen atoms in total. The molecule has 3 amide bonds. The standard InChI is InChI=1S/C19H28FN3O3/c1-5-26-16-7-6-14(12-15(16)20)17(24)22-8-10-23(11-9-22)18(25)21-13-19(2,3)4/h6-7,12H,5,8-11,13H2,1-4H3,(H,21,25). The summed E-state index contributed by atoms with van der Waals surface area (Å²) in [5, 5.41) is 2.91. The molecule has 2 rings (SSSR count). The minimum absolute atomic E-state index is 0.0190. The third-order valence-corrected chi connectivity index (χ3v) is 4.10. The van der Waals surface area contributed by atoms with Crippen molar-refractivity contribution in [2.75, 3.05) is 39.3 Å². The van der Waals surface area contributed by atoms with Gasteiger partial charge in [0.1, 0.15) is 0 Å². The van der Waals surface area contributed by atoms with Crippen molar-refractivity contribution in [2.45, 2.75) is 27.7 Å². The molecule has 0 radical (unpaired) electrons. The first-order valence-electron chi connectivity index (χ1n) is 8.95. The van der Waals surface area contributed by atoms with Crippen LogP contribution in [-0.2, 0) is 0 Å². The van der Waals surface area contributed by atoms with Crippen LogP contribution in [0, 0.1) is 11.2 Å². The van der Waals surface area contributed by atoms with E-state index in [-0.39, 0.29) is 28.7 Å². The first-order valence-corrected chi connectivity index (χ1v) is 8.95. The van der Waals surface area contributed by atoms with Crippen LogP contribution in [0.3, 0.4) is 0 Å². The summed E-state index contributed by atoms with van der Waals surface area (Å²) in [5.41, 5.74) is 0.308. The monoisotopic (exact) mass is 365 g/mol. The minimum Gasteiger partial charge on any atom is -0.491 e. The molecular weight excluding hydrogens is 337 g/mol. The Morgan fingerprint density at radius 1 is 1.15 bits per heavy atom. The molecular formula is C19H28FN3O3. The van der Waals surface area contributed by atoms with Crippen molar-refractivity contribution in [3.05, 3.63) is 29.6 Å². The Balaban J connectivity index is 1.90. The number of urea groups is 1. The fourth-order valence-electron chi connectivity index (χ4n) is 2.65. The number of carbonyl (C=O) groups is 2. The van der Waals surface area contributed by atoms with Crippen molar-refractivity contribution >= 4 is 11.9 Å². The van der Waals surface area contributed by atoms with Gasteiger partial charge in [0.05, 0.1) is 6.61 Å². The van der Waals surface area contributed by atoms with Gasteiger partial charge in [0, 0.05) is 38.3 Å². The molecule has 7 heteroatoms. The van der Waals surface area contributed by atoms with Gasteiger partial charge in [0.15, 0.2) is 11.6 Å². The average Bonchev–Trinajstić information content (AvgIpc) is 2.60. The molecule has 1 aliphatic rings. The van der Waals surface area contributed by atoms with E-state index in [1.165, 1.54) is 12.1 Å². The predicted octanol–water partition coefficient (Wildman–Crippen LogP) is 2.74. The van der Waals surface area contributed by atoms with E-state index in [0.717, 1.165) is 0 Å². The van der Waals surface area contributed by atoms with Gasteiger partial charge >= 0.3 is 6.03 Å². The highest BCUT2D eigenvalue weighted by Gasteiger charge is 2.26. The number of nitrogens with zero attached hydrogens (tertiary/aromatic N) is 2. The third kappa shape index (κ3) is 5.34. The molecule has 0 aromatic heterocycles. The topological polar surface area (TPSA) is 61.9 Å². The maximum Gasteiger partial charge on any atom is 0.317 e. The predicted molar refractivity (Wildman–Crippen MR) is 97.9 cm³/mol. The largest absolute Gasteiger partial charge is 0.491 e. The summed E-state index contributed by atoms with van der Waals surface area (Å²) in [7, 11) is 0. The second-order valence-electron chi connectivity index (χ2n) is 7.58. The summed E-state index contributed by atoms with van der Waals surface area (Å²) < 4.78 is 19.1. The van der Waals surface area contributed by atoms with E-state index in [2.05, 4.69) is 26.1 Å². The molecule has 1 N–H and O–H groups in total. The number of ether oxygens (including phenoxy) is 1. The molecule has 144 valence electrons. The number of halogens is 1. The minimum atomic E-state index is -0.544. The Labute approximate surface area is 154 Å². The Morgan fingerprint density at radius 2 is 1.77 bits per heavy atom. The van der Waals surface area contributed by atoms with E-state index in [0.29, 0.717) is 39.3 Å². The van der Waals surface area contributed by atoms with Gasteiger partial charge in [-0.05, 0) is 30.5 Å². The summed E-state index contributed by atoms with van der Waals surface area (Å²) in [6, 6.07) is 4.13. The normalized spacial score (nSPS) is 15.0. The van der Waals surface area contributed by atoms with E-state index in [9.17, 15) is 14.0 Å². The van der Waals surface area contributed by atoms with E-state index in [1.54, 1.807) is 22.8 Å². The van der Waals surface area contributed by atoms with Crippen molar-refractivity contribution in [3.63, 3.8) is 0 Å². The second-order valence-corrected chi connectivity index (χ2v) is 7.58. The number of amides is 3. The molecule has 0 unspecified atom stereocenters. The summed E-state index contributed by atoms with van der Waals surface area (Å²) in [6.07, 6.45) is 0. The van der Waals surface area contributed by atoms with E-state index in [1.807, 2.05) is 0 Å². The van der Waals surface area contributed by atoms with Gasteiger partial charge in [0.25, 0.3) is 5.91 Å². The molecule has 1 aliphatic heterocycles. The highest BCUT2D eigenvalue weighted by Crippen LogP contribution is 2.20. The lowest BCUT2D eigenvalue weighted by molar-refractivity contribution is 0.0663. The lowest BCUT2D eigenvalue weighted by Crippen LogP contribution is -2.53. The van der Waals surface area contributed by atoms with E-state index in [4.69, 9.17) is 4.74 Å². The summed E-state index contributed by atoms with van der Waals surface area (Å²) in [5.74, 6) is -0.635. The molecule has 0 aliphatic carbocycles. The molecule has 0 saturated carbocycles. The first-order chi connectivity index (χ1) is 12.2. The van der Waals surface area contributed by atoms with Gasteiger partial charge in [-0.25, -0.2) is 9.18 Å². The lowest BCUT2D eigenvalue weighted by atomic mass is 9.97. The Hall–Kier alpha value is -2.31. The van der Waals surface area contributed by atoms with Gasteiger partial charge < -0.3 is 19.9 Å². The summed E-state index contributed by atoms with van der Waals surface area (Å²) >= 11 is 0. The molecule has 26 heavy (non-hydrogen) atoms. The van der Waals surface area contributed by atoms with Gasteiger partial charge in [-0.15, -0.1) is 0 Å². The van der Waals surface area contributed by atoms with Crippen molar-refractivity contribution in [1.29, 1.82) is 0 Å². The molecule has 0 bridgehead atoms. The zero-order chi connectivity index (χ0) is 19.3. The van der Waals surface area contributed by atoms with Crippen LogP contribution in [0.1, 0.15) is 38.1 Å². The maximum atomic E-state index is 14.0. The second kappa shape index (κ2) is 8.38. The van der Waals surface area contributed by atoms with Gasteiger partial charge in [0.2, 0.25) is 0 Å². The Kier molecular flexibility index (Phi) is 6.45. The molecule has 1 aromatic rings. The number of piperazine rings is 1. The van der Waals surface area contributed by atoms with Crippen molar-refractivity contribution in [3.8, 4) is 5.75 Å². The van der Waals surface area contributed by atoms with Crippen LogP contribution < -0.4 is 10.1 Å². The van der Waals surface area contributed by atoms with Crippen LogP contribution in [0.4, 0.5) is 9.18 Å². The number of hydrogen-bond donors (Lipinski definition) is 1. The van der Waals surface area contributed by atoms with Crippen LogP contribution in [0.5, 0.6) is 5.75 Å². The van der Waals surface area contributed by atoms with Crippen molar-refractivity contribution in [1.82, 2.24) is 15.1 Å². The number of rotatable bonds is 4. The molecule has 1 heterocycles. The first kappa shape index (κ1) is 20.0. The van der Waals surface area contributed by atoms with Crippen molar-refractivity contribution < 1.29 is 18.7 Å². The number of nitrogens with one attached hydrogen (secondary N) is 1. The fraction of sp³-hybridized carbons (Fsp3) is 0.579. The van der Waals surface area contributed by atoms with Crippen molar-refractivity contribution in [2.24, 2.45) is 5.41 Å². The Morgan fingerprint density at radius 3 is 2.31 bits per heavy atom. The fourth-order valence-corrected chi connectivity index (χ4v) is 2.65. The average molecular weight is 365 g/mol. The zero-order valence-electron chi connectivity index (χ0n) is 16.0. The van der Waals surface area contributed by atoms with Gasteiger partial charge in [-0.3, -0.25) is 4.79 Å². The zero-order valence-corrected chi connectivity index (χ0v) is 16.0. The smallest absolute Gasteiger partial charge is 0.317 e. The van der Waals surface area contributed by atoms with Crippen LogP contribution in [0.2, 0.25) is 0 Å². The van der Waals surface area contributed by atoms with E-state index >= 15 is 0 Å². The van der Waals surface area contributed by atoms with Gasteiger partial charge in [-0.1, -0.05) is 20.8 Å². The Bertz CT molecular complexity index is 650. The van der Waals surface area contributed by atoms with Gasteiger partial charge in [-0.2, -0.15) is 0 Å². The maximum absolute atomic E-state index is 14.0. The number of hydrogen-bond acceptors (Lipinski definition) is 3. The highest BCUT2D eigenvalue weighted by atomic mass is 19.1. The molecule has 0 spiro atoms. The number of benzene rings is 1.